The van der Waals surface area contributed by atoms with Crippen LogP contribution in [0.2, 0.25) is 0 Å². The van der Waals surface area contributed by atoms with E-state index in [1.54, 1.807) is 0 Å². The number of rotatable bonds is 4. The number of aliphatic hydroxyl groups excluding tert-OH is 1. The molecule has 82 valence electrons. The van der Waals surface area contributed by atoms with E-state index in [-0.39, 0.29) is 12.5 Å². The molecule has 1 aromatic rings. The maximum atomic E-state index is 13.1. The fourth-order valence-electron chi connectivity index (χ4n) is 1.41. The van der Waals surface area contributed by atoms with Gasteiger partial charge in [0.2, 0.25) is 0 Å². The van der Waals surface area contributed by atoms with Gasteiger partial charge in [0.1, 0.15) is 6.61 Å². The summed E-state index contributed by atoms with van der Waals surface area (Å²) in [4.78, 5) is 0. The Hall–Kier alpha value is -1.16. The number of aliphatic hydroxyl groups is 1. The van der Waals surface area contributed by atoms with E-state index >= 15 is 0 Å². The number of ether oxygens (including phenoxy) is 1. The molecule has 0 aromatic heterocycles. The Kier molecular flexibility index (Phi) is 2.86. The molecule has 2 nitrogen and oxygen atoms in total. The highest BCUT2D eigenvalue weighted by molar-refractivity contribution is 5.26. The van der Waals surface area contributed by atoms with Gasteiger partial charge in [0, 0.05) is 0 Å². The summed E-state index contributed by atoms with van der Waals surface area (Å²) in [5.41, 5.74) is 0. The summed E-state index contributed by atoms with van der Waals surface area (Å²) in [6.07, 6.45) is 1.30. The lowest BCUT2D eigenvalue weighted by Crippen LogP contribution is -2.20. The first kappa shape index (κ1) is 10.4. The van der Waals surface area contributed by atoms with Crippen molar-refractivity contribution in [2.75, 3.05) is 6.61 Å². The van der Waals surface area contributed by atoms with Gasteiger partial charge in [0.15, 0.2) is 17.4 Å². The van der Waals surface area contributed by atoms with E-state index in [0.717, 1.165) is 25.0 Å². The predicted molar refractivity (Wildman–Crippen MR) is 50.6 cm³/mol. The lowest BCUT2D eigenvalue weighted by atomic mass is 10.2. The van der Waals surface area contributed by atoms with Crippen molar-refractivity contribution in [3.63, 3.8) is 0 Å². The topological polar surface area (TPSA) is 29.5 Å². The minimum Gasteiger partial charge on any atom is -0.485 e. The Labute approximate surface area is 86.5 Å². The van der Waals surface area contributed by atoms with Crippen LogP contribution in [-0.2, 0) is 0 Å². The number of hydrogen-bond donors (Lipinski definition) is 1. The van der Waals surface area contributed by atoms with E-state index in [0.29, 0.717) is 0 Å². The Bertz CT molecular complexity index is 330. The minimum atomic E-state index is -0.738. The van der Waals surface area contributed by atoms with Crippen LogP contribution < -0.4 is 4.74 Å². The average Bonchev–Trinajstić information content (AvgIpc) is 2.99. The summed E-state index contributed by atoms with van der Waals surface area (Å²) in [6.45, 7) is -0.0531. The number of para-hydroxylation sites is 1. The molecule has 1 saturated carbocycles. The van der Waals surface area contributed by atoms with Crippen molar-refractivity contribution in [3.8, 4) is 5.75 Å². The van der Waals surface area contributed by atoms with Crippen LogP contribution in [0, 0.1) is 17.6 Å². The molecule has 1 aromatic carbocycles. The van der Waals surface area contributed by atoms with Gasteiger partial charge < -0.3 is 9.84 Å². The summed E-state index contributed by atoms with van der Waals surface area (Å²) in [5, 5.41) is 9.46. The van der Waals surface area contributed by atoms with Gasteiger partial charge in [0.05, 0.1) is 6.10 Å². The zero-order valence-corrected chi connectivity index (χ0v) is 8.12. The van der Waals surface area contributed by atoms with Crippen molar-refractivity contribution < 1.29 is 18.6 Å². The molecule has 1 aliphatic carbocycles. The molecule has 0 heterocycles. The molecule has 1 atom stereocenters. The second-order valence-electron chi connectivity index (χ2n) is 3.77. The van der Waals surface area contributed by atoms with Crippen molar-refractivity contribution in [1.82, 2.24) is 0 Å². The summed E-state index contributed by atoms with van der Waals surface area (Å²) < 4.78 is 31.1. The molecule has 0 spiro atoms. The highest BCUT2D eigenvalue weighted by Crippen LogP contribution is 2.33. The normalized spacial score (nSPS) is 17.5. The van der Waals surface area contributed by atoms with E-state index < -0.39 is 23.5 Å². The monoisotopic (exact) mass is 214 g/mol. The third-order valence-electron chi connectivity index (χ3n) is 2.48. The van der Waals surface area contributed by atoms with Crippen LogP contribution in [0.4, 0.5) is 8.78 Å². The van der Waals surface area contributed by atoms with Gasteiger partial charge in [-0.15, -0.1) is 0 Å². The zero-order chi connectivity index (χ0) is 10.8. The maximum Gasteiger partial charge on any atom is 0.190 e. The third-order valence-corrected chi connectivity index (χ3v) is 2.48. The molecule has 1 aliphatic rings. The van der Waals surface area contributed by atoms with Crippen molar-refractivity contribution >= 4 is 0 Å². The second-order valence-corrected chi connectivity index (χ2v) is 3.77. The molecular formula is C11H12F2O2. The number of halogens is 2. The fraction of sp³-hybridized carbons (Fsp3) is 0.455. The van der Waals surface area contributed by atoms with Gasteiger partial charge in [0.25, 0.3) is 0 Å². The smallest absolute Gasteiger partial charge is 0.190 e. The highest BCUT2D eigenvalue weighted by Gasteiger charge is 2.30. The molecular weight excluding hydrogens is 202 g/mol. The lowest BCUT2D eigenvalue weighted by Gasteiger charge is -2.12. The van der Waals surface area contributed by atoms with Crippen LogP contribution in [-0.4, -0.2) is 17.8 Å². The zero-order valence-electron chi connectivity index (χ0n) is 8.12. The molecule has 1 N–H and O–H groups in total. The van der Waals surface area contributed by atoms with Gasteiger partial charge in [-0.05, 0) is 30.9 Å². The fourth-order valence-corrected chi connectivity index (χ4v) is 1.41. The number of benzene rings is 1. The van der Waals surface area contributed by atoms with Crippen molar-refractivity contribution in [1.29, 1.82) is 0 Å². The van der Waals surface area contributed by atoms with E-state index in [1.807, 2.05) is 0 Å². The molecule has 0 aliphatic heterocycles. The van der Waals surface area contributed by atoms with E-state index in [2.05, 4.69) is 0 Å². The van der Waals surface area contributed by atoms with Crippen molar-refractivity contribution in [3.05, 3.63) is 29.8 Å². The van der Waals surface area contributed by atoms with Crippen LogP contribution in [0.15, 0.2) is 18.2 Å². The number of hydrogen-bond acceptors (Lipinski definition) is 2. The van der Waals surface area contributed by atoms with Gasteiger partial charge in [-0.3, -0.25) is 0 Å². The molecule has 1 fully saturated rings. The average molecular weight is 214 g/mol. The van der Waals surface area contributed by atoms with E-state index in [9.17, 15) is 13.9 Å². The molecule has 4 heteroatoms. The molecule has 1 unspecified atom stereocenters. The van der Waals surface area contributed by atoms with Crippen LogP contribution in [0.3, 0.4) is 0 Å². The second kappa shape index (κ2) is 4.14. The molecule has 0 saturated heterocycles. The summed E-state index contributed by atoms with van der Waals surface area (Å²) in [5.74, 6) is -1.65. The van der Waals surface area contributed by atoms with Gasteiger partial charge in [-0.25, -0.2) is 8.78 Å². The highest BCUT2D eigenvalue weighted by atomic mass is 19.1. The third kappa shape index (κ3) is 2.45. The van der Waals surface area contributed by atoms with Crippen LogP contribution in [0.5, 0.6) is 5.75 Å². The predicted octanol–water partition coefficient (Wildman–Crippen LogP) is 2.11. The molecule has 0 amide bonds. The summed E-state index contributed by atoms with van der Waals surface area (Å²) in [7, 11) is 0. The maximum absolute atomic E-state index is 13.1. The standard InChI is InChI=1S/C11H12F2O2/c12-8-2-1-3-9(13)11(8)15-6-10(14)7-4-5-7/h1-3,7,10,14H,4-6H2. The van der Waals surface area contributed by atoms with Crippen LogP contribution >= 0.6 is 0 Å². The van der Waals surface area contributed by atoms with Gasteiger partial charge in [-0.2, -0.15) is 0 Å². The van der Waals surface area contributed by atoms with E-state index in [1.165, 1.54) is 6.07 Å². The lowest BCUT2D eigenvalue weighted by molar-refractivity contribution is 0.0853. The van der Waals surface area contributed by atoms with Crippen molar-refractivity contribution in [2.24, 2.45) is 5.92 Å². The Morgan fingerprint density at radius 3 is 2.47 bits per heavy atom. The summed E-state index contributed by atoms with van der Waals surface area (Å²) >= 11 is 0. The molecule has 0 radical (unpaired) electrons. The first-order valence-electron chi connectivity index (χ1n) is 4.93. The first-order chi connectivity index (χ1) is 7.18. The summed E-state index contributed by atoms with van der Waals surface area (Å²) in [6, 6.07) is 3.53. The van der Waals surface area contributed by atoms with Gasteiger partial charge in [-0.1, -0.05) is 6.07 Å². The minimum absolute atomic E-state index is 0.0531. The van der Waals surface area contributed by atoms with Crippen LogP contribution in [0.1, 0.15) is 12.8 Å². The van der Waals surface area contributed by atoms with Crippen LogP contribution in [0.25, 0.3) is 0 Å². The SMILES string of the molecule is OC(COc1c(F)cccc1F)C1CC1. The molecule has 2 rings (SSSR count). The molecule has 15 heavy (non-hydrogen) atoms. The first-order valence-corrected chi connectivity index (χ1v) is 4.93. The Morgan fingerprint density at radius 1 is 1.33 bits per heavy atom. The Balaban J connectivity index is 1.97. The molecule has 0 bridgehead atoms. The van der Waals surface area contributed by atoms with Crippen molar-refractivity contribution in [2.45, 2.75) is 18.9 Å². The quantitative estimate of drug-likeness (QED) is 0.831. The Morgan fingerprint density at radius 2 is 1.93 bits per heavy atom. The van der Waals surface area contributed by atoms with E-state index in [4.69, 9.17) is 4.74 Å². The largest absolute Gasteiger partial charge is 0.485 e. The van der Waals surface area contributed by atoms with Gasteiger partial charge >= 0.3 is 0 Å².